The fourth-order valence-electron chi connectivity index (χ4n) is 1.12. The molecule has 0 aliphatic rings. The maximum atomic E-state index is 10.7. The molecular formula is C13H17F3N2O3S. The molecule has 1 aromatic carbocycles. The minimum Gasteiger partial charge on any atom is -0.338 e. The Kier molecular flexibility index (Phi) is 8.43. The standard InChI is InChI=1S/C6H10N2.C6H6.CHF3O3S/c1-3-6-7-4-5-8(6)2;1-2-4-6-5-3-1;2-1(3,4)8(5,6)7/h4-5H,3H2,1-2H3;1-6H;(H,5,6,7). The molecule has 0 amide bonds. The van der Waals surface area contributed by atoms with Crippen LogP contribution >= 0.6 is 0 Å². The third-order valence-corrected chi connectivity index (χ3v) is 2.78. The summed E-state index contributed by atoms with van der Waals surface area (Å²) in [5.74, 6) is 1.14. The van der Waals surface area contributed by atoms with Crippen LogP contribution in [-0.2, 0) is 23.6 Å². The summed E-state index contributed by atoms with van der Waals surface area (Å²) >= 11 is 0. The Bertz CT molecular complexity index is 599. The normalized spacial score (nSPS) is 10.8. The van der Waals surface area contributed by atoms with Crippen molar-refractivity contribution in [2.75, 3.05) is 0 Å². The molecule has 0 saturated heterocycles. The van der Waals surface area contributed by atoms with Gasteiger partial charge in [0.1, 0.15) is 5.82 Å². The van der Waals surface area contributed by atoms with E-state index in [-0.39, 0.29) is 0 Å². The van der Waals surface area contributed by atoms with Gasteiger partial charge in [-0.3, -0.25) is 4.55 Å². The molecule has 5 nitrogen and oxygen atoms in total. The van der Waals surface area contributed by atoms with Crippen molar-refractivity contribution in [3.63, 3.8) is 0 Å². The first-order valence-corrected chi connectivity index (χ1v) is 7.53. The fraction of sp³-hybridized carbons (Fsp3) is 0.308. The molecule has 0 unspecified atom stereocenters. The van der Waals surface area contributed by atoms with Crippen LogP contribution < -0.4 is 0 Å². The van der Waals surface area contributed by atoms with Gasteiger partial charge in [0, 0.05) is 25.9 Å². The lowest BCUT2D eigenvalue weighted by atomic mass is 10.4. The first kappa shape index (κ1) is 20.1. The fourth-order valence-corrected chi connectivity index (χ4v) is 1.12. The molecule has 9 heteroatoms. The van der Waals surface area contributed by atoms with Crippen LogP contribution in [0.15, 0.2) is 48.8 Å². The van der Waals surface area contributed by atoms with Gasteiger partial charge in [0.05, 0.1) is 0 Å². The van der Waals surface area contributed by atoms with Gasteiger partial charge in [-0.15, -0.1) is 0 Å². The van der Waals surface area contributed by atoms with E-state index in [2.05, 4.69) is 11.9 Å². The number of halogens is 3. The van der Waals surface area contributed by atoms with Crippen LogP contribution in [0.1, 0.15) is 12.7 Å². The SMILES string of the molecule is CCc1nccn1C.O=S(=O)(O)C(F)(F)F.c1ccccc1. The average Bonchev–Trinajstić information content (AvgIpc) is 2.85. The van der Waals surface area contributed by atoms with Crippen molar-refractivity contribution in [3.8, 4) is 0 Å². The predicted molar refractivity (Wildman–Crippen MR) is 76.6 cm³/mol. The Labute approximate surface area is 127 Å². The third-order valence-electron chi connectivity index (χ3n) is 2.20. The lowest BCUT2D eigenvalue weighted by molar-refractivity contribution is -0.0510. The molecular weight excluding hydrogens is 321 g/mol. The molecule has 1 N–H and O–H groups in total. The van der Waals surface area contributed by atoms with Gasteiger partial charge in [-0.25, -0.2) is 4.98 Å². The topological polar surface area (TPSA) is 72.2 Å². The van der Waals surface area contributed by atoms with Crippen molar-refractivity contribution < 1.29 is 26.1 Å². The molecule has 1 aromatic heterocycles. The summed E-state index contributed by atoms with van der Waals surface area (Å²) in [6, 6.07) is 12.0. The zero-order valence-electron chi connectivity index (χ0n) is 12.0. The van der Waals surface area contributed by atoms with Crippen LogP contribution in [0.5, 0.6) is 0 Å². The third kappa shape index (κ3) is 8.42. The van der Waals surface area contributed by atoms with Gasteiger partial charge >= 0.3 is 15.6 Å². The molecule has 0 aliphatic carbocycles. The Morgan fingerprint density at radius 1 is 1.14 bits per heavy atom. The summed E-state index contributed by atoms with van der Waals surface area (Å²) in [6.45, 7) is 2.10. The van der Waals surface area contributed by atoms with Gasteiger partial charge in [0.2, 0.25) is 0 Å². The molecule has 0 saturated carbocycles. The number of aromatic nitrogens is 2. The van der Waals surface area contributed by atoms with Crippen molar-refractivity contribution in [2.45, 2.75) is 18.9 Å². The van der Waals surface area contributed by atoms with Crippen molar-refractivity contribution in [1.29, 1.82) is 0 Å². The van der Waals surface area contributed by atoms with E-state index in [9.17, 15) is 13.2 Å². The molecule has 22 heavy (non-hydrogen) atoms. The first-order chi connectivity index (χ1) is 10.1. The molecule has 0 fully saturated rings. The summed E-state index contributed by atoms with van der Waals surface area (Å²) in [5.41, 5.74) is -5.53. The number of aryl methyl sites for hydroxylation is 2. The second kappa shape index (κ2) is 9.21. The Morgan fingerprint density at radius 3 is 1.64 bits per heavy atom. The number of alkyl halides is 3. The number of hydrogen-bond acceptors (Lipinski definition) is 3. The highest BCUT2D eigenvalue weighted by atomic mass is 32.2. The van der Waals surface area contributed by atoms with Gasteiger partial charge in [-0.05, 0) is 0 Å². The molecule has 0 aliphatic heterocycles. The van der Waals surface area contributed by atoms with Gasteiger partial charge in [0.25, 0.3) is 0 Å². The molecule has 0 spiro atoms. The molecule has 0 atom stereocenters. The summed E-state index contributed by atoms with van der Waals surface area (Å²) in [5, 5.41) is 0. The van der Waals surface area contributed by atoms with Gasteiger partial charge in [-0.2, -0.15) is 21.6 Å². The Morgan fingerprint density at radius 2 is 1.50 bits per heavy atom. The quantitative estimate of drug-likeness (QED) is 0.641. The van der Waals surface area contributed by atoms with E-state index < -0.39 is 15.6 Å². The highest BCUT2D eigenvalue weighted by molar-refractivity contribution is 7.86. The second-order valence-corrected chi connectivity index (χ2v) is 5.30. The van der Waals surface area contributed by atoms with Crippen molar-refractivity contribution in [1.82, 2.24) is 9.55 Å². The predicted octanol–water partition coefficient (Wildman–Crippen LogP) is 3.06. The van der Waals surface area contributed by atoms with E-state index in [0.29, 0.717) is 0 Å². The number of rotatable bonds is 1. The molecule has 1 heterocycles. The highest BCUT2D eigenvalue weighted by Gasteiger charge is 2.44. The summed E-state index contributed by atoms with van der Waals surface area (Å²) in [4.78, 5) is 4.10. The lowest BCUT2D eigenvalue weighted by Crippen LogP contribution is -2.21. The first-order valence-electron chi connectivity index (χ1n) is 6.09. The Balaban J connectivity index is 0.000000304. The van der Waals surface area contributed by atoms with Crippen molar-refractivity contribution in [2.24, 2.45) is 7.05 Å². The monoisotopic (exact) mass is 338 g/mol. The molecule has 0 radical (unpaired) electrons. The van der Waals surface area contributed by atoms with E-state index in [0.717, 1.165) is 12.2 Å². The highest BCUT2D eigenvalue weighted by Crippen LogP contribution is 2.20. The number of benzene rings is 1. The van der Waals surface area contributed by atoms with E-state index in [4.69, 9.17) is 13.0 Å². The molecule has 2 rings (SSSR count). The van der Waals surface area contributed by atoms with Crippen LogP contribution in [0.3, 0.4) is 0 Å². The number of imidazole rings is 1. The van der Waals surface area contributed by atoms with Gasteiger partial charge < -0.3 is 4.57 Å². The van der Waals surface area contributed by atoms with E-state index in [1.165, 1.54) is 0 Å². The minimum atomic E-state index is -5.84. The zero-order valence-corrected chi connectivity index (χ0v) is 12.8. The van der Waals surface area contributed by atoms with E-state index >= 15 is 0 Å². The maximum Gasteiger partial charge on any atom is 0.522 e. The zero-order chi connectivity index (χ0) is 17.2. The minimum absolute atomic E-state index is 1.02. The van der Waals surface area contributed by atoms with E-state index in [1.54, 1.807) is 0 Å². The van der Waals surface area contributed by atoms with E-state index in [1.807, 2.05) is 60.4 Å². The largest absolute Gasteiger partial charge is 0.522 e. The smallest absolute Gasteiger partial charge is 0.338 e. The maximum absolute atomic E-state index is 10.7. The van der Waals surface area contributed by atoms with Crippen LogP contribution in [-0.4, -0.2) is 28.0 Å². The Hall–Kier alpha value is -1.87. The lowest BCUT2D eigenvalue weighted by Gasteiger charge is -1.97. The van der Waals surface area contributed by atoms with Crippen LogP contribution in [0.2, 0.25) is 0 Å². The average molecular weight is 338 g/mol. The van der Waals surface area contributed by atoms with Crippen LogP contribution in [0.25, 0.3) is 0 Å². The second-order valence-electron chi connectivity index (χ2n) is 3.88. The number of hydrogen-bond donors (Lipinski definition) is 1. The van der Waals surface area contributed by atoms with Gasteiger partial charge in [0.15, 0.2) is 0 Å². The number of nitrogens with zero attached hydrogens (tertiary/aromatic N) is 2. The molecule has 0 bridgehead atoms. The van der Waals surface area contributed by atoms with Crippen LogP contribution in [0, 0.1) is 0 Å². The molecule has 2 aromatic rings. The summed E-state index contributed by atoms with van der Waals surface area (Å²) in [7, 11) is -3.83. The van der Waals surface area contributed by atoms with Crippen molar-refractivity contribution >= 4 is 10.1 Å². The van der Waals surface area contributed by atoms with Crippen LogP contribution in [0.4, 0.5) is 13.2 Å². The summed E-state index contributed by atoms with van der Waals surface area (Å²) < 4.78 is 59.6. The molecule has 124 valence electrons. The van der Waals surface area contributed by atoms with Gasteiger partial charge in [-0.1, -0.05) is 43.3 Å². The summed E-state index contributed by atoms with van der Waals surface area (Å²) in [6.07, 6.45) is 4.79. The van der Waals surface area contributed by atoms with Crippen molar-refractivity contribution in [3.05, 3.63) is 54.6 Å².